The van der Waals surface area contributed by atoms with Gasteiger partial charge in [0.25, 0.3) is 0 Å². The Morgan fingerprint density at radius 2 is 1.67 bits per heavy atom. The molecule has 0 N–H and O–H groups in total. The van der Waals surface area contributed by atoms with Gasteiger partial charge in [-0.25, -0.2) is 0 Å². The highest BCUT2D eigenvalue weighted by Crippen LogP contribution is 2.16. The largest absolute Gasteiger partial charge is 1.00 e. The summed E-state index contributed by atoms with van der Waals surface area (Å²) in [5.74, 6) is 0. The van der Waals surface area contributed by atoms with Crippen LogP contribution in [0.3, 0.4) is 0 Å². The summed E-state index contributed by atoms with van der Waals surface area (Å²) in [5, 5.41) is 0. The minimum Gasteiger partial charge on any atom is -0.759 e. The number of hydrogen-bond donors (Lipinski definition) is 0. The molecule has 6 heteroatoms. The summed E-state index contributed by atoms with van der Waals surface area (Å²) in [5.41, 5.74) is 0. The van der Waals surface area contributed by atoms with Gasteiger partial charge < -0.3 is 13.6 Å². The van der Waals surface area contributed by atoms with Gasteiger partial charge in [0, 0.05) is 23.2 Å². The fourth-order valence-electron chi connectivity index (χ4n) is 1.86. The molecule has 0 aromatic heterocycles. The molecule has 1 aliphatic heterocycles. The van der Waals surface area contributed by atoms with Crippen molar-refractivity contribution in [1.82, 2.24) is 0 Å². The molecule has 0 amide bonds. The Labute approximate surface area is 93.7 Å². The quantitative estimate of drug-likeness (QED) is 0.414. The van der Waals surface area contributed by atoms with Crippen molar-refractivity contribution in [3.63, 3.8) is 0 Å². The molecular formula is C9H21NO4S. The first-order valence-corrected chi connectivity index (χ1v) is 6.60. The number of nitrogens with zero attached hydrogens (tertiary/aromatic N) is 1. The van der Waals surface area contributed by atoms with Crippen LogP contribution in [0.2, 0.25) is 0 Å². The van der Waals surface area contributed by atoms with E-state index >= 15 is 0 Å². The number of hydrogen-bond acceptors (Lipinski definition) is 4. The average Bonchev–Trinajstić information content (AvgIpc) is 2.46. The van der Waals surface area contributed by atoms with Crippen molar-refractivity contribution in [2.45, 2.75) is 32.6 Å². The highest BCUT2D eigenvalue weighted by atomic mass is 32.3. The molecule has 15 heavy (non-hydrogen) atoms. The normalized spacial score (nSPS) is 19.5. The zero-order valence-electron chi connectivity index (χ0n) is 10.4. The topological polar surface area (TPSA) is 80.3 Å². The maximum absolute atomic E-state index is 8.52. The van der Waals surface area contributed by atoms with E-state index in [2.05, 4.69) is 14.0 Å². The maximum atomic E-state index is 8.52. The lowest BCUT2D eigenvalue weighted by atomic mass is 10.3. The van der Waals surface area contributed by atoms with Crippen LogP contribution in [0, 0.1) is 0 Å². The van der Waals surface area contributed by atoms with Crippen LogP contribution >= 0.6 is 0 Å². The van der Waals surface area contributed by atoms with Gasteiger partial charge in [-0.3, -0.25) is 8.42 Å². The summed E-state index contributed by atoms with van der Waals surface area (Å²) in [7, 11) is -2.76. The van der Waals surface area contributed by atoms with Crippen molar-refractivity contribution >= 4 is 10.4 Å². The predicted octanol–water partition coefficient (Wildman–Crippen LogP) is 0.801. The van der Waals surface area contributed by atoms with Crippen molar-refractivity contribution in [1.29, 1.82) is 0 Å². The molecule has 0 atom stereocenters. The molecule has 0 unspecified atom stereocenters. The number of likely N-dealkylation sites (tertiary alicyclic amines) is 1. The van der Waals surface area contributed by atoms with Gasteiger partial charge in [-0.1, -0.05) is 13.3 Å². The van der Waals surface area contributed by atoms with E-state index in [0.29, 0.717) is 0 Å². The van der Waals surface area contributed by atoms with Crippen LogP contribution in [0.1, 0.15) is 34.0 Å². The van der Waals surface area contributed by atoms with Crippen LogP contribution in [0.15, 0.2) is 0 Å². The highest BCUT2D eigenvalue weighted by molar-refractivity contribution is 7.79. The van der Waals surface area contributed by atoms with Gasteiger partial charge in [0.2, 0.25) is 0 Å². The monoisotopic (exact) mass is 239 g/mol. The molecule has 1 rings (SSSR count). The standard InChI is InChI=1S/C9H20N.H2O4S/c1-3-4-7-10(2)8-5-6-9-10;1-5(2,3)4/h3-9H2,1-2H3;(H2,1,2,3,4)/q+1;/p-1. The van der Waals surface area contributed by atoms with Gasteiger partial charge in [-0.05, 0) is 6.42 Å². The molecule has 0 aromatic rings. The molecule has 1 heterocycles. The van der Waals surface area contributed by atoms with E-state index in [1.54, 1.807) is 0 Å². The molecule has 0 bridgehead atoms. The molecule has 1 aliphatic rings. The van der Waals surface area contributed by atoms with E-state index in [1.807, 2.05) is 0 Å². The Kier molecular flexibility index (Phi) is 6.35. The van der Waals surface area contributed by atoms with E-state index < -0.39 is 10.4 Å². The van der Waals surface area contributed by atoms with Crippen molar-refractivity contribution < 1.29 is 23.4 Å². The van der Waals surface area contributed by atoms with Crippen LogP contribution in [0.4, 0.5) is 0 Å². The summed E-state index contributed by atoms with van der Waals surface area (Å²) in [6.45, 7) is 6.55. The van der Waals surface area contributed by atoms with E-state index in [-0.39, 0.29) is 1.43 Å². The van der Waals surface area contributed by atoms with Gasteiger partial charge in [-0.15, -0.1) is 0 Å². The first-order valence-electron chi connectivity index (χ1n) is 5.27. The van der Waals surface area contributed by atoms with E-state index in [4.69, 9.17) is 17.5 Å². The second-order valence-corrected chi connectivity index (χ2v) is 5.08. The lowest BCUT2D eigenvalue weighted by Gasteiger charge is -2.28. The van der Waals surface area contributed by atoms with Gasteiger partial charge in [0.15, 0.2) is 0 Å². The van der Waals surface area contributed by atoms with Crippen molar-refractivity contribution in [3.8, 4) is 0 Å². The Bertz CT molecular complexity index is 255. The number of rotatable bonds is 3. The molecule has 0 radical (unpaired) electrons. The third-order valence-electron chi connectivity index (χ3n) is 2.70. The summed E-state index contributed by atoms with van der Waals surface area (Å²) in [6, 6.07) is 0. The molecule has 0 aromatic carbocycles. The molecule has 0 spiro atoms. The maximum Gasteiger partial charge on any atom is 1.00 e. The first kappa shape index (κ1) is 14.8. The second-order valence-electron chi connectivity index (χ2n) is 4.26. The van der Waals surface area contributed by atoms with Crippen LogP contribution in [-0.2, 0) is 10.4 Å². The molecule has 1 fully saturated rings. The highest BCUT2D eigenvalue weighted by Gasteiger charge is 2.25. The van der Waals surface area contributed by atoms with E-state index in [0.717, 1.165) is 0 Å². The van der Waals surface area contributed by atoms with Crippen LogP contribution in [0.5, 0.6) is 0 Å². The summed E-state index contributed by atoms with van der Waals surface area (Å²) in [6.07, 6.45) is 5.69. The molecule has 5 nitrogen and oxygen atoms in total. The number of quaternary nitrogens is 1. The Balaban J connectivity index is 0. The Morgan fingerprint density at radius 1 is 1.27 bits per heavy atom. The van der Waals surface area contributed by atoms with Crippen LogP contribution in [0.25, 0.3) is 0 Å². The zero-order valence-corrected chi connectivity index (χ0v) is 10.3. The fourth-order valence-corrected chi connectivity index (χ4v) is 1.86. The zero-order chi connectivity index (χ0) is 11.9. The predicted molar refractivity (Wildman–Crippen MR) is 56.5 cm³/mol. The second kappa shape index (κ2) is 6.42. The van der Waals surface area contributed by atoms with E-state index in [9.17, 15) is 0 Å². The molecule has 1 saturated heterocycles. The number of unbranched alkanes of at least 4 members (excludes halogenated alkanes) is 1. The van der Waals surface area contributed by atoms with Gasteiger partial charge >= 0.3 is 1.43 Å². The molecule has 0 aliphatic carbocycles. The van der Waals surface area contributed by atoms with Crippen LogP contribution < -0.4 is 0 Å². The Hall–Kier alpha value is -0.170. The van der Waals surface area contributed by atoms with Gasteiger partial charge in [-0.2, -0.15) is 0 Å². The third kappa shape index (κ3) is 10.1. The third-order valence-corrected chi connectivity index (χ3v) is 2.70. The lowest BCUT2D eigenvalue weighted by Crippen LogP contribution is -2.41. The minimum absolute atomic E-state index is 0. The lowest BCUT2D eigenvalue weighted by molar-refractivity contribution is -0.897. The Morgan fingerprint density at radius 3 is 2.00 bits per heavy atom. The summed E-state index contributed by atoms with van der Waals surface area (Å²) >= 11 is 0. The minimum atomic E-state index is -5.17. The first-order chi connectivity index (χ1) is 6.77. The molecule has 92 valence electrons. The summed E-state index contributed by atoms with van der Waals surface area (Å²) < 4.78 is 35.4. The van der Waals surface area contributed by atoms with Crippen molar-refractivity contribution in [2.24, 2.45) is 0 Å². The van der Waals surface area contributed by atoms with Gasteiger partial charge in [0.1, 0.15) is 0 Å². The van der Waals surface area contributed by atoms with Gasteiger partial charge in [0.05, 0.1) is 26.7 Å². The smallest absolute Gasteiger partial charge is 0.759 e. The fraction of sp³-hybridized carbons (Fsp3) is 1.00. The van der Waals surface area contributed by atoms with Crippen molar-refractivity contribution in [2.75, 3.05) is 26.7 Å². The van der Waals surface area contributed by atoms with Crippen LogP contribution in [-0.4, -0.2) is 48.7 Å². The van der Waals surface area contributed by atoms with E-state index in [1.165, 1.54) is 49.8 Å². The SMILES string of the molecule is CCCC[N+]1(C)CCCC1.O=S(=O)([O-])[O-].[H+]. The molecule has 0 saturated carbocycles. The summed E-state index contributed by atoms with van der Waals surface area (Å²) in [4.78, 5) is 0. The molecular weight excluding hydrogens is 218 g/mol. The van der Waals surface area contributed by atoms with Crippen molar-refractivity contribution in [3.05, 3.63) is 0 Å². The average molecular weight is 239 g/mol.